The van der Waals surface area contributed by atoms with Gasteiger partial charge >= 0.3 is 0 Å². The first-order valence-corrected chi connectivity index (χ1v) is 8.20. The van der Waals surface area contributed by atoms with Crippen molar-refractivity contribution in [3.8, 4) is 0 Å². The van der Waals surface area contributed by atoms with Crippen molar-refractivity contribution in [2.24, 2.45) is 17.6 Å². The molecule has 3 heteroatoms. The van der Waals surface area contributed by atoms with E-state index in [9.17, 15) is 4.79 Å². The fourth-order valence-corrected chi connectivity index (χ4v) is 2.78. The van der Waals surface area contributed by atoms with Gasteiger partial charge in [-0.3, -0.25) is 4.79 Å². The second-order valence-electron chi connectivity index (χ2n) is 5.75. The summed E-state index contributed by atoms with van der Waals surface area (Å²) in [5.74, 6) is 0.866. The van der Waals surface area contributed by atoms with Gasteiger partial charge in [-0.25, -0.2) is 0 Å². The number of amides is 1. The zero-order valence-electron chi connectivity index (χ0n) is 13.6. The van der Waals surface area contributed by atoms with Crippen molar-refractivity contribution in [2.75, 3.05) is 6.54 Å². The Hall–Kier alpha value is -1.35. The first-order chi connectivity index (χ1) is 10.2. The number of benzene rings is 1. The lowest BCUT2D eigenvalue weighted by molar-refractivity contribution is -0.123. The summed E-state index contributed by atoms with van der Waals surface area (Å²) in [4.78, 5) is 12.3. The third kappa shape index (κ3) is 5.50. The van der Waals surface area contributed by atoms with E-state index < -0.39 is 0 Å². The van der Waals surface area contributed by atoms with E-state index in [0.717, 1.165) is 19.3 Å². The topological polar surface area (TPSA) is 55.1 Å². The smallest absolute Gasteiger partial charge is 0.220 e. The molecule has 0 aliphatic carbocycles. The molecule has 3 nitrogen and oxygen atoms in total. The van der Waals surface area contributed by atoms with Crippen molar-refractivity contribution in [3.05, 3.63) is 35.9 Å². The van der Waals surface area contributed by atoms with Crippen LogP contribution in [0.25, 0.3) is 0 Å². The number of hydrogen-bond donors (Lipinski definition) is 2. The number of nitrogens with one attached hydrogen (secondary N) is 1. The molecule has 0 aliphatic heterocycles. The lowest BCUT2D eigenvalue weighted by Crippen LogP contribution is -2.35. The first kappa shape index (κ1) is 17.7. The van der Waals surface area contributed by atoms with Gasteiger partial charge < -0.3 is 11.1 Å². The van der Waals surface area contributed by atoms with Gasteiger partial charge in [-0.15, -0.1) is 0 Å². The SMILES string of the molecule is CCC(CN)CC(=O)NC(c1ccccc1)C(CC)CC. The summed E-state index contributed by atoms with van der Waals surface area (Å²) in [6, 6.07) is 10.4. The maximum atomic E-state index is 12.3. The van der Waals surface area contributed by atoms with E-state index in [1.807, 2.05) is 18.2 Å². The predicted molar refractivity (Wildman–Crippen MR) is 88.9 cm³/mol. The summed E-state index contributed by atoms with van der Waals surface area (Å²) in [6.45, 7) is 7.03. The zero-order chi connectivity index (χ0) is 15.7. The van der Waals surface area contributed by atoms with Crippen molar-refractivity contribution in [2.45, 2.75) is 52.5 Å². The highest BCUT2D eigenvalue weighted by Crippen LogP contribution is 2.27. The van der Waals surface area contributed by atoms with Crippen molar-refractivity contribution in [1.29, 1.82) is 0 Å². The molecule has 1 amide bonds. The van der Waals surface area contributed by atoms with Crippen LogP contribution in [0.3, 0.4) is 0 Å². The van der Waals surface area contributed by atoms with Crippen LogP contribution in [0.2, 0.25) is 0 Å². The molecule has 0 aliphatic rings. The summed E-state index contributed by atoms with van der Waals surface area (Å²) < 4.78 is 0. The minimum atomic E-state index is 0.101. The molecule has 0 radical (unpaired) electrons. The van der Waals surface area contributed by atoms with Crippen LogP contribution in [0.1, 0.15) is 58.1 Å². The molecule has 0 aromatic heterocycles. The molecular weight excluding hydrogens is 260 g/mol. The molecule has 1 aromatic rings. The van der Waals surface area contributed by atoms with Gasteiger partial charge in [0.1, 0.15) is 0 Å². The van der Waals surface area contributed by atoms with Gasteiger partial charge in [0, 0.05) is 6.42 Å². The number of carbonyl (C=O) groups is 1. The van der Waals surface area contributed by atoms with E-state index in [0.29, 0.717) is 18.9 Å². The Kier molecular flexibility index (Phi) is 8.06. The predicted octanol–water partition coefficient (Wildman–Crippen LogP) is 3.66. The maximum absolute atomic E-state index is 12.3. The average molecular weight is 290 g/mol. The lowest BCUT2D eigenvalue weighted by atomic mass is 9.88. The van der Waals surface area contributed by atoms with E-state index in [1.54, 1.807) is 0 Å². The summed E-state index contributed by atoms with van der Waals surface area (Å²) in [5.41, 5.74) is 6.90. The Balaban J connectivity index is 2.81. The Morgan fingerprint density at radius 2 is 1.71 bits per heavy atom. The Morgan fingerprint density at radius 1 is 1.10 bits per heavy atom. The molecular formula is C18H30N2O. The average Bonchev–Trinajstić information content (AvgIpc) is 2.53. The van der Waals surface area contributed by atoms with Crippen LogP contribution in [0.4, 0.5) is 0 Å². The highest BCUT2D eigenvalue weighted by Gasteiger charge is 2.23. The number of carbonyl (C=O) groups excluding carboxylic acids is 1. The van der Waals surface area contributed by atoms with Crippen LogP contribution < -0.4 is 11.1 Å². The molecule has 2 atom stereocenters. The van der Waals surface area contributed by atoms with Crippen LogP contribution in [0.15, 0.2) is 30.3 Å². The summed E-state index contributed by atoms with van der Waals surface area (Å²) in [5, 5.41) is 3.24. The molecule has 0 spiro atoms. The molecule has 0 heterocycles. The molecule has 3 N–H and O–H groups in total. The third-order valence-electron chi connectivity index (χ3n) is 4.38. The summed E-state index contributed by atoms with van der Waals surface area (Å²) in [7, 11) is 0. The van der Waals surface area contributed by atoms with Crippen molar-refractivity contribution < 1.29 is 4.79 Å². The second kappa shape index (κ2) is 9.56. The van der Waals surface area contributed by atoms with Crippen molar-refractivity contribution in [3.63, 3.8) is 0 Å². The van der Waals surface area contributed by atoms with E-state index in [2.05, 4.69) is 38.2 Å². The standard InChI is InChI=1S/C18H30N2O/c1-4-14(13-19)12-17(21)20-18(15(5-2)6-3)16-10-8-7-9-11-16/h7-11,14-15,18H,4-6,12-13,19H2,1-3H3,(H,20,21). The minimum absolute atomic E-state index is 0.101. The fourth-order valence-electron chi connectivity index (χ4n) is 2.78. The molecule has 2 unspecified atom stereocenters. The third-order valence-corrected chi connectivity index (χ3v) is 4.38. The minimum Gasteiger partial charge on any atom is -0.349 e. The molecule has 1 aromatic carbocycles. The molecule has 0 bridgehead atoms. The number of rotatable bonds is 9. The van der Waals surface area contributed by atoms with Crippen molar-refractivity contribution in [1.82, 2.24) is 5.32 Å². The Labute approximate surface area is 129 Å². The van der Waals surface area contributed by atoms with E-state index in [-0.39, 0.29) is 17.9 Å². The number of hydrogen-bond acceptors (Lipinski definition) is 2. The Morgan fingerprint density at radius 3 is 2.19 bits per heavy atom. The van der Waals surface area contributed by atoms with Gasteiger partial charge in [-0.05, 0) is 23.9 Å². The summed E-state index contributed by atoms with van der Waals surface area (Å²) in [6.07, 6.45) is 3.59. The quantitative estimate of drug-likeness (QED) is 0.729. The van der Waals surface area contributed by atoms with Crippen LogP contribution in [-0.4, -0.2) is 12.5 Å². The van der Waals surface area contributed by atoms with Crippen molar-refractivity contribution >= 4 is 5.91 Å². The van der Waals surface area contributed by atoms with Crippen LogP contribution >= 0.6 is 0 Å². The zero-order valence-corrected chi connectivity index (χ0v) is 13.6. The van der Waals surface area contributed by atoms with E-state index in [4.69, 9.17) is 5.73 Å². The monoisotopic (exact) mass is 290 g/mol. The maximum Gasteiger partial charge on any atom is 0.220 e. The van der Waals surface area contributed by atoms with Crippen LogP contribution in [0, 0.1) is 11.8 Å². The van der Waals surface area contributed by atoms with E-state index in [1.165, 1.54) is 5.56 Å². The van der Waals surface area contributed by atoms with E-state index >= 15 is 0 Å². The largest absolute Gasteiger partial charge is 0.349 e. The van der Waals surface area contributed by atoms with Gasteiger partial charge in [0.2, 0.25) is 5.91 Å². The second-order valence-corrected chi connectivity index (χ2v) is 5.75. The molecule has 1 rings (SSSR count). The normalized spacial score (nSPS) is 14.0. The molecule has 0 saturated heterocycles. The van der Waals surface area contributed by atoms with Gasteiger partial charge in [0.25, 0.3) is 0 Å². The molecule has 21 heavy (non-hydrogen) atoms. The highest BCUT2D eigenvalue weighted by molar-refractivity contribution is 5.76. The van der Waals surface area contributed by atoms with Crippen LogP contribution in [-0.2, 0) is 4.79 Å². The summed E-state index contributed by atoms with van der Waals surface area (Å²) >= 11 is 0. The van der Waals surface area contributed by atoms with Crippen LogP contribution in [0.5, 0.6) is 0 Å². The molecule has 0 saturated carbocycles. The number of nitrogens with two attached hydrogens (primary N) is 1. The lowest BCUT2D eigenvalue weighted by Gasteiger charge is -2.27. The highest BCUT2D eigenvalue weighted by atomic mass is 16.1. The van der Waals surface area contributed by atoms with Gasteiger partial charge in [0.05, 0.1) is 6.04 Å². The molecule has 118 valence electrons. The van der Waals surface area contributed by atoms with Gasteiger partial charge in [-0.1, -0.05) is 70.4 Å². The molecule has 0 fully saturated rings. The first-order valence-electron chi connectivity index (χ1n) is 8.20. The van der Waals surface area contributed by atoms with Gasteiger partial charge in [-0.2, -0.15) is 0 Å². The Bertz CT molecular complexity index is 397. The fraction of sp³-hybridized carbons (Fsp3) is 0.611. The van der Waals surface area contributed by atoms with Gasteiger partial charge in [0.15, 0.2) is 0 Å².